The number of carbonyl (C=O) groups is 3. The number of amides is 2. The smallest absolute Gasteiger partial charge is 0.352 e. The first kappa shape index (κ1) is 18.5. The first-order chi connectivity index (χ1) is 11.9. The lowest BCUT2D eigenvalue weighted by molar-refractivity contribution is -0.150. The lowest BCUT2D eigenvalue weighted by atomic mass is 10.0. The van der Waals surface area contributed by atoms with Gasteiger partial charge in [-0.05, 0) is 11.1 Å². The van der Waals surface area contributed by atoms with Crippen LogP contribution < -0.4 is 5.32 Å². The Morgan fingerprint density at radius 3 is 2.56 bits per heavy atom. The molecular formula is C16H14Br2N2O4S. The summed E-state index contributed by atoms with van der Waals surface area (Å²) in [6, 6.07) is 8.52. The second kappa shape index (κ2) is 7.51. The molecule has 3 atom stereocenters. The van der Waals surface area contributed by atoms with Gasteiger partial charge in [-0.25, -0.2) is 4.79 Å². The molecule has 2 heterocycles. The molecule has 2 aliphatic heterocycles. The van der Waals surface area contributed by atoms with Crippen molar-refractivity contribution in [3.63, 3.8) is 0 Å². The van der Waals surface area contributed by atoms with Crippen LogP contribution in [0.3, 0.4) is 0 Å². The Morgan fingerprint density at radius 1 is 1.28 bits per heavy atom. The third-order valence-corrected chi connectivity index (χ3v) is 7.08. The molecule has 1 aromatic carbocycles. The second-order valence-corrected chi connectivity index (χ2v) is 8.88. The van der Waals surface area contributed by atoms with Crippen molar-refractivity contribution in [2.45, 2.75) is 22.0 Å². The average Bonchev–Trinajstić information content (AvgIpc) is 2.59. The molecule has 1 fully saturated rings. The number of benzene rings is 1. The number of aliphatic carboxylic acids is 1. The summed E-state index contributed by atoms with van der Waals surface area (Å²) < 4.78 is -0.235. The maximum absolute atomic E-state index is 12.4. The van der Waals surface area contributed by atoms with E-state index in [4.69, 9.17) is 0 Å². The summed E-state index contributed by atoms with van der Waals surface area (Å²) >= 11 is 8.13. The standard InChI is InChI=1S/C16H14Br2N2O4S/c17-7-9-12(16(23)24)20-14(22)11(15(20)25-13(9)18)19-10(21)6-8-4-2-1-3-5-8/h1-5,11,13,15H,6-7H2,(H,19,21)(H,23,24)/t11?,13?,15-/m0/s1. The van der Waals surface area contributed by atoms with Gasteiger partial charge in [0.15, 0.2) is 0 Å². The molecule has 0 radical (unpaired) electrons. The number of rotatable bonds is 5. The molecule has 9 heteroatoms. The third kappa shape index (κ3) is 3.50. The van der Waals surface area contributed by atoms with Crippen molar-refractivity contribution < 1.29 is 19.5 Å². The van der Waals surface area contributed by atoms with E-state index in [9.17, 15) is 19.5 Å². The van der Waals surface area contributed by atoms with Crippen LogP contribution in [0.4, 0.5) is 0 Å². The average molecular weight is 490 g/mol. The second-order valence-electron chi connectivity index (χ2n) is 5.57. The maximum atomic E-state index is 12.4. The van der Waals surface area contributed by atoms with Crippen LogP contribution in [-0.2, 0) is 20.8 Å². The Balaban J connectivity index is 1.73. The van der Waals surface area contributed by atoms with Crippen molar-refractivity contribution in [1.82, 2.24) is 10.2 Å². The van der Waals surface area contributed by atoms with E-state index in [1.807, 2.05) is 30.3 Å². The number of nitrogens with zero attached hydrogens (tertiary/aromatic N) is 1. The molecule has 0 bridgehead atoms. The van der Waals surface area contributed by atoms with E-state index in [-0.39, 0.29) is 22.2 Å². The zero-order chi connectivity index (χ0) is 18.1. The van der Waals surface area contributed by atoms with Crippen LogP contribution in [-0.4, -0.2) is 48.7 Å². The SMILES string of the molecule is O=C(Cc1ccccc1)NC1C(=O)N2C(C(=O)O)=C(CBr)C(Br)S[C@@H]12. The number of fused-ring (bicyclic) bond motifs is 1. The summed E-state index contributed by atoms with van der Waals surface area (Å²) in [7, 11) is 0. The molecule has 3 rings (SSSR count). The summed E-state index contributed by atoms with van der Waals surface area (Å²) in [6.45, 7) is 0. The number of nitrogens with one attached hydrogen (secondary N) is 1. The first-order valence-electron chi connectivity index (χ1n) is 7.42. The van der Waals surface area contributed by atoms with Gasteiger partial charge in [-0.15, -0.1) is 11.8 Å². The molecule has 1 saturated heterocycles. The molecule has 0 aliphatic carbocycles. The van der Waals surface area contributed by atoms with Crippen LogP contribution in [0, 0.1) is 0 Å². The molecule has 2 unspecified atom stereocenters. The number of β-lactam (4-membered cyclic amide) rings is 1. The van der Waals surface area contributed by atoms with E-state index in [1.165, 1.54) is 16.7 Å². The lowest BCUT2D eigenvalue weighted by Crippen LogP contribution is -2.71. The fraction of sp³-hybridized carbons (Fsp3) is 0.312. The molecule has 0 spiro atoms. The van der Waals surface area contributed by atoms with E-state index in [0.29, 0.717) is 10.9 Å². The van der Waals surface area contributed by atoms with Gasteiger partial charge in [0, 0.05) is 5.33 Å². The minimum Gasteiger partial charge on any atom is -0.477 e. The fourth-order valence-corrected chi connectivity index (χ4v) is 6.37. The number of carboxylic acid groups (broad SMARTS) is 1. The van der Waals surface area contributed by atoms with Gasteiger partial charge in [-0.1, -0.05) is 62.2 Å². The van der Waals surface area contributed by atoms with Crippen molar-refractivity contribution in [2.75, 3.05) is 5.33 Å². The van der Waals surface area contributed by atoms with Crippen molar-refractivity contribution >= 4 is 61.4 Å². The van der Waals surface area contributed by atoms with Gasteiger partial charge in [-0.3, -0.25) is 14.5 Å². The van der Waals surface area contributed by atoms with Gasteiger partial charge in [0.1, 0.15) is 17.1 Å². The van der Waals surface area contributed by atoms with E-state index in [0.717, 1.165) is 5.56 Å². The van der Waals surface area contributed by atoms with E-state index < -0.39 is 23.3 Å². The number of halogens is 2. The zero-order valence-electron chi connectivity index (χ0n) is 12.8. The topological polar surface area (TPSA) is 86.7 Å². The van der Waals surface area contributed by atoms with Crippen LogP contribution in [0.15, 0.2) is 41.6 Å². The highest BCUT2D eigenvalue weighted by Crippen LogP contribution is 2.46. The van der Waals surface area contributed by atoms with Gasteiger partial charge in [0.25, 0.3) is 5.91 Å². The highest BCUT2D eigenvalue weighted by Gasteiger charge is 2.55. The minimum absolute atomic E-state index is 0.0129. The van der Waals surface area contributed by atoms with E-state index in [1.54, 1.807) is 0 Å². The van der Waals surface area contributed by atoms with E-state index in [2.05, 4.69) is 37.2 Å². The maximum Gasteiger partial charge on any atom is 0.352 e. The Hall–Kier alpha value is -1.32. The predicted molar refractivity (Wildman–Crippen MR) is 101 cm³/mol. The number of alkyl halides is 2. The normalized spacial score (nSPS) is 25.3. The predicted octanol–water partition coefficient (Wildman–Crippen LogP) is 2.08. The Labute approximate surface area is 165 Å². The molecule has 0 aromatic heterocycles. The Kier molecular flexibility index (Phi) is 5.55. The number of carboxylic acids is 1. The largest absolute Gasteiger partial charge is 0.477 e. The van der Waals surface area contributed by atoms with Crippen LogP contribution in [0.5, 0.6) is 0 Å². The van der Waals surface area contributed by atoms with E-state index >= 15 is 0 Å². The summed E-state index contributed by atoms with van der Waals surface area (Å²) in [6.07, 6.45) is 0.175. The molecule has 0 saturated carbocycles. The molecule has 1 aromatic rings. The monoisotopic (exact) mass is 488 g/mol. The number of hydrogen-bond acceptors (Lipinski definition) is 4. The number of thioether (sulfide) groups is 1. The molecule has 132 valence electrons. The minimum atomic E-state index is -1.15. The van der Waals surface area contributed by atoms with Crippen molar-refractivity contribution in [1.29, 1.82) is 0 Å². The molecule has 25 heavy (non-hydrogen) atoms. The fourth-order valence-electron chi connectivity index (χ4n) is 2.81. The van der Waals surface area contributed by atoms with Gasteiger partial charge >= 0.3 is 5.97 Å². The molecule has 2 amide bonds. The van der Waals surface area contributed by atoms with Crippen molar-refractivity contribution in [3.05, 3.63) is 47.2 Å². The van der Waals surface area contributed by atoms with Gasteiger partial charge in [0.2, 0.25) is 5.91 Å². The summed E-state index contributed by atoms with van der Waals surface area (Å²) in [4.78, 5) is 37.5. The van der Waals surface area contributed by atoms with Crippen LogP contribution >= 0.6 is 43.6 Å². The van der Waals surface area contributed by atoms with Crippen LogP contribution in [0.1, 0.15) is 5.56 Å². The molecule has 6 nitrogen and oxygen atoms in total. The molecular weight excluding hydrogens is 476 g/mol. The quantitative estimate of drug-likeness (QED) is 0.488. The van der Waals surface area contributed by atoms with Gasteiger partial charge in [-0.2, -0.15) is 0 Å². The Bertz CT molecular complexity index is 756. The summed E-state index contributed by atoms with van der Waals surface area (Å²) in [5.41, 5.74) is 1.43. The highest BCUT2D eigenvalue weighted by molar-refractivity contribution is 9.11. The van der Waals surface area contributed by atoms with Gasteiger partial charge < -0.3 is 10.4 Å². The highest BCUT2D eigenvalue weighted by atomic mass is 79.9. The summed E-state index contributed by atoms with van der Waals surface area (Å²) in [5.74, 6) is -1.80. The van der Waals surface area contributed by atoms with Crippen LogP contribution in [0.25, 0.3) is 0 Å². The van der Waals surface area contributed by atoms with Gasteiger partial charge in [0.05, 0.1) is 10.6 Å². The molecule has 2 N–H and O–H groups in total. The zero-order valence-corrected chi connectivity index (χ0v) is 16.8. The molecule has 2 aliphatic rings. The first-order valence-corrected chi connectivity index (χ1v) is 10.4. The van der Waals surface area contributed by atoms with Crippen molar-refractivity contribution in [3.8, 4) is 0 Å². The lowest BCUT2D eigenvalue weighted by Gasteiger charge is -2.50. The summed E-state index contributed by atoms with van der Waals surface area (Å²) in [5, 5.41) is 12.1. The Morgan fingerprint density at radius 2 is 1.96 bits per heavy atom. The number of carbonyl (C=O) groups excluding carboxylic acids is 2. The van der Waals surface area contributed by atoms with Crippen molar-refractivity contribution in [2.24, 2.45) is 0 Å². The number of hydrogen-bond donors (Lipinski definition) is 2. The van der Waals surface area contributed by atoms with Crippen LogP contribution in [0.2, 0.25) is 0 Å². The third-order valence-electron chi connectivity index (χ3n) is 3.99.